The molecule has 11 heteroatoms. The number of carbonyl (C=O) groups is 1. The molecule has 1 unspecified atom stereocenters. The number of aryl methyl sites for hydroxylation is 1. The van der Waals surface area contributed by atoms with Gasteiger partial charge in [0.1, 0.15) is 18.2 Å². The number of nitrogens with zero attached hydrogens (tertiary/aromatic N) is 8. The summed E-state index contributed by atoms with van der Waals surface area (Å²) >= 11 is 0. The molecule has 1 aromatic carbocycles. The van der Waals surface area contributed by atoms with Crippen molar-refractivity contribution >= 4 is 22.6 Å². The standard InChI is InChI=1S/C32H39N9O2/c1-22-8-9-26-25(17-34-37-26)28(22)29-24(16-33)30(36-31(35-29)43-18-23-6-3-11-38(23)2)40-15-10-32(19-40)20-41(21-32)27(42)7-4-12-39-13-5-14-39/h4,7-9,17,23H,3,5-6,10-15,18-21H2,1-2H3,(H,34,37)/b7-4+. The van der Waals surface area contributed by atoms with Crippen LogP contribution in [0.3, 0.4) is 0 Å². The average Bonchev–Trinajstić information content (AvgIpc) is 3.71. The Labute approximate surface area is 252 Å². The van der Waals surface area contributed by atoms with Crippen LogP contribution in [0.15, 0.2) is 30.5 Å². The number of nitriles is 1. The number of amides is 1. The van der Waals surface area contributed by atoms with Gasteiger partial charge < -0.3 is 19.4 Å². The molecule has 1 spiro atoms. The fraction of sp³-hybridized carbons (Fsp3) is 0.531. The molecule has 1 atom stereocenters. The normalized spacial score (nSPS) is 21.9. The lowest BCUT2D eigenvalue weighted by atomic mass is 9.79. The second-order valence-electron chi connectivity index (χ2n) is 12.8. The maximum atomic E-state index is 12.8. The van der Waals surface area contributed by atoms with Crippen molar-refractivity contribution in [2.75, 3.05) is 70.9 Å². The van der Waals surface area contributed by atoms with E-state index in [2.05, 4.69) is 38.0 Å². The maximum absolute atomic E-state index is 12.8. The minimum absolute atomic E-state index is 0.00683. The number of carbonyl (C=O) groups excluding carboxylic acids is 1. The van der Waals surface area contributed by atoms with Crippen molar-refractivity contribution in [3.05, 3.63) is 41.6 Å². The lowest BCUT2D eigenvalue weighted by molar-refractivity contribution is -0.136. The molecule has 43 heavy (non-hydrogen) atoms. The summed E-state index contributed by atoms with van der Waals surface area (Å²) in [5, 5.41) is 18.7. The number of nitrogens with one attached hydrogen (secondary N) is 1. The van der Waals surface area contributed by atoms with Crippen LogP contribution >= 0.6 is 0 Å². The van der Waals surface area contributed by atoms with Crippen molar-refractivity contribution in [3.8, 4) is 23.3 Å². The zero-order valence-corrected chi connectivity index (χ0v) is 25.1. The van der Waals surface area contributed by atoms with Gasteiger partial charge in [-0.3, -0.25) is 14.8 Å². The summed E-state index contributed by atoms with van der Waals surface area (Å²) in [6.45, 7) is 9.63. The van der Waals surface area contributed by atoms with Gasteiger partial charge in [-0.2, -0.15) is 20.3 Å². The molecule has 1 N–H and O–H groups in total. The Morgan fingerprint density at radius 1 is 1.19 bits per heavy atom. The van der Waals surface area contributed by atoms with Gasteiger partial charge in [-0.05, 0) is 70.9 Å². The summed E-state index contributed by atoms with van der Waals surface area (Å²) in [5.41, 5.74) is 3.79. The number of likely N-dealkylation sites (N-methyl/N-ethyl adjacent to an activating group) is 1. The summed E-state index contributed by atoms with van der Waals surface area (Å²) in [5.74, 6) is 0.696. The molecule has 11 nitrogen and oxygen atoms in total. The molecule has 7 rings (SSSR count). The summed E-state index contributed by atoms with van der Waals surface area (Å²) in [7, 11) is 2.12. The van der Waals surface area contributed by atoms with Gasteiger partial charge in [0.05, 0.1) is 17.4 Å². The highest BCUT2D eigenvalue weighted by molar-refractivity contribution is 5.97. The first-order valence-corrected chi connectivity index (χ1v) is 15.4. The number of anilines is 1. The Morgan fingerprint density at radius 3 is 2.79 bits per heavy atom. The molecular formula is C32H39N9O2. The summed E-state index contributed by atoms with van der Waals surface area (Å²) in [6.07, 6.45) is 9.93. The van der Waals surface area contributed by atoms with Gasteiger partial charge in [-0.15, -0.1) is 0 Å². The van der Waals surface area contributed by atoms with Crippen molar-refractivity contribution < 1.29 is 9.53 Å². The summed E-state index contributed by atoms with van der Waals surface area (Å²) in [6, 6.07) is 7.08. The Bertz CT molecular complexity index is 1600. The van der Waals surface area contributed by atoms with Crippen LogP contribution in [-0.2, 0) is 4.79 Å². The fourth-order valence-corrected chi connectivity index (χ4v) is 7.07. The molecule has 0 radical (unpaired) electrons. The highest BCUT2D eigenvalue weighted by atomic mass is 16.5. The molecule has 4 aliphatic heterocycles. The third-order valence-electron chi connectivity index (χ3n) is 9.80. The van der Waals surface area contributed by atoms with E-state index in [1.807, 2.05) is 30.0 Å². The molecule has 0 bridgehead atoms. The zero-order chi connectivity index (χ0) is 29.6. The SMILES string of the molecule is Cc1ccc2[nH]ncc2c1-c1nc(OCC2CCCN2C)nc(N2CCC3(CN(C(=O)/C=C/CN4CCC4)C3)C2)c1C#N. The van der Waals surface area contributed by atoms with Crippen LogP contribution in [0.25, 0.3) is 22.2 Å². The van der Waals surface area contributed by atoms with E-state index in [1.165, 1.54) is 6.42 Å². The van der Waals surface area contributed by atoms with Gasteiger partial charge in [0.15, 0.2) is 5.82 Å². The number of likely N-dealkylation sites (tertiary alicyclic amines) is 3. The molecule has 2 aromatic heterocycles. The van der Waals surface area contributed by atoms with Crippen LogP contribution in [0.4, 0.5) is 5.82 Å². The van der Waals surface area contributed by atoms with Crippen molar-refractivity contribution in [1.82, 2.24) is 34.9 Å². The number of hydrogen-bond donors (Lipinski definition) is 1. The molecule has 3 aromatic rings. The van der Waals surface area contributed by atoms with Crippen LogP contribution in [-0.4, -0.2) is 113 Å². The van der Waals surface area contributed by atoms with E-state index in [4.69, 9.17) is 14.7 Å². The first-order valence-electron chi connectivity index (χ1n) is 15.4. The Kier molecular flexibility index (Phi) is 7.27. The van der Waals surface area contributed by atoms with Crippen LogP contribution < -0.4 is 9.64 Å². The van der Waals surface area contributed by atoms with Gasteiger partial charge in [0.25, 0.3) is 0 Å². The van der Waals surface area contributed by atoms with Crippen molar-refractivity contribution in [2.45, 2.75) is 38.6 Å². The van der Waals surface area contributed by atoms with E-state index in [-0.39, 0.29) is 11.3 Å². The van der Waals surface area contributed by atoms with Crippen LogP contribution in [0.2, 0.25) is 0 Å². The molecule has 1 amide bonds. The number of ether oxygens (including phenoxy) is 1. The molecule has 0 aliphatic carbocycles. The number of H-pyrrole nitrogens is 1. The topological polar surface area (TPSA) is 118 Å². The smallest absolute Gasteiger partial charge is 0.319 e. The summed E-state index contributed by atoms with van der Waals surface area (Å²) in [4.78, 5) is 31.3. The average molecular weight is 582 g/mol. The Balaban J connectivity index is 1.16. The van der Waals surface area contributed by atoms with Gasteiger partial charge >= 0.3 is 6.01 Å². The second-order valence-corrected chi connectivity index (χ2v) is 12.8. The van der Waals surface area contributed by atoms with Crippen LogP contribution in [0.5, 0.6) is 6.01 Å². The number of aromatic amines is 1. The molecule has 0 saturated carbocycles. The largest absolute Gasteiger partial charge is 0.462 e. The fourth-order valence-electron chi connectivity index (χ4n) is 7.07. The van der Waals surface area contributed by atoms with E-state index in [1.54, 1.807) is 12.3 Å². The molecule has 4 saturated heterocycles. The van der Waals surface area contributed by atoms with E-state index in [0.717, 1.165) is 93.7 Å². The van der Waals surface area contributed by atoms with E-state index in [0.29, 0.717) is 35.7 Å². The van der Waals surface area contributed by atoms with Gasteiger partial charge in [0, 0.05) is 61.2 Å². The lowest BCUT2D eigenvalue weighted by Crippen LogP contribution is -2.59. The van der Waals surface area contributed by atoms with E-state index < -0.39 is 0 Å². The second kappa shape index (κ2) is 11.2. The molecule has 4 aliphatic rings. The number of fused-ring (bicyclic) bond motifs is 1. The van der Waals surface area contributed by atoms with Crippen LogP contribution in [0, 0.1) is 23.7 Å². The molecule has 224 valence electrons. The molecule has 4 fully saturated rings. The molecular weight excluding hydrogens is 542 g/mol. The van der Waals surface area contributed by atoms with Gasteiger partial charge in [-0.1, -0.05) is 12.1 Å². The van der Waals surface area contributed by atoms with E-state index in [9.17, 15) is 10.1 Å². The number of aromatic nitrogens is 4. The molecule has 6 heterocycles. The number of rotatable bonds is 8. The minimum Gasteiger partial charge on any atom is -0.462 e. The Morgan fingerprint density at radius 2 is 2.05 bits per heavy atom. The van der Waals surface area contributed by atoms with Gasteiger partial charge in [-0.25, -0.2) is 0 Å². The van der Waals surface area contributed by atoms with Crippen molar-refractivity contribution in [2.24, 2.45) is 5.41 Å². The van der Waals surface area contributed by atoms with E-state index >= 15 is 0 Å². The van der Waals surface area contributed by atoms with Crippen LogP contribution in [0.1, 0.15) is 36.8 Å². The Hall–Kier alpha value is -4.01. The third-order valence-corrected chi connectivity index (χ3v) is 9.80. The highest BCUT2D eigenvalue weighted by Crippen LogP contribution is 2.43. The minimum atomic E-state index is 0.00683. The first kappa shape index (κ1) is 27.8. The van der Waals surface area contributed by atoms with Gasteiger partial charge in [0.2, 0.25) is 5.91 Å². The zero-order valence-electron chi connectivity index (χ0n) is 25.1. The number of hydrogen-bond acceptors (Lipinski definition) is 9. The lowest BCUT2D eigenvalue weighted by Gasteiger charge is -2.47. The summed E-state index contributed by atoms with van der Waals surface area (Å²) < 4.78 is 6.28. The highest BCUT2D eigenvalue weighted by Gasteiger charge is 2.49. The monoisotopic (exact) mass is 581 g/mol. The van der Waals surface area contributed by atoms with Crippen molar-refractivity contribution in [1.29, 1.82) is 5.26 Å². The predicted molar refractivity (Wildman–Crippen MR) is 164 cm³/mol. The number of benzene rings is 1. The quantitative estimate of drug-likeness (QED) is 0.401. The first-order chi connectivity index (χ1) is 20.9. The van der Waals surface area contributed by atoms with Crippen molar-refractivity contribution in [3.63, 3.8) is 0 Å². The predicted octanol–water partition coefficient (Wildman–Crippen LogP) is 2.97. The maximum Gasteiger partial charge on any atom is 0.319 e. The third kappa shape index (κ3) is 5.23.